The van der Waals surface area contributed by atoms with Gasteiger partial charge in [0.15, 0.2) is 5.79 Å². The third-order valence-corrected chi connectivity index (χ3v) is 3.80. The Balaban J connectivity index is 1.63. The smallest absolute Gasteiger partial charge is 0.162 e. The molecule has 100 valence electrons. The molecule has 0 amide bonds. The first-order valence-corrected chi connectivity index (χ1v) is 6.75. The third kappa shape index (κ3) is 4.21. The third-order valence-electron chi connectivity index (χ3n) is 3.80. The van der Waals surface area contributed by atoms with Crippen molar-refractivity contribution >= 4 is 0 Å². The molecular formula is C13H26N2O2. The number of nitrogens with zero attached hydrogens (tertiary/aromatic N) is 1. The molecule has 2 aliphatic heterocycles. The maximum absolute atomic E-state index is 5.64. The van der Waals surface area contributed by atoms with Crippen molar-refractivity contribution in [3.8, 4) is 0 Å². The van der Waals surface area contributed by atoms with Gasteiger partial charge in [-0.2, -0.15) is 0 Å². The van der Waals surface area contributed by atoms with E-state index in [2.05, 4.69) is 17.3 Å². The average Bonchev–Trinajstić information content (AvgIpc) is 2.30. The molecule has 2 aliphatic rings. The molecule has 4 heteroatoms. The van der Waals surface area contributed by atoms with E-state index in [0.29, 0.717) is 6.04 Å². The van der Waals surface area contributed by atoms with Crippen LogP contribution in [0.25, 0.3) is 0 Å². The highest BCUT2D eigenvalue weighted by Gasteiger charge is 2.28. The molecule has 2 saturated heterocycles. The van der Waals surface area contributed by atoms with Crippen molar-refractivity contribution in [1.82, 2.24) is 10.2 Å². The molecule has 0 bridgehead atoms. The van der Waals surface area contributed by atoms with Gasteiger partial charge in [0, 0.05) is 0 Å². The van der Waals surface area contributed by atoms with Gasteiger partial charge in [-0.3, -0.25) is 0 Å². The lowest BCUT2D eigenvalue weighted by Gasteiger charge is -2.36. The highest BCUT2D eigenvalue weighted by atomic mass is 16.7. The molecule has 1 N–H and O–H groups in total. The number of likely N-dealkylation sites (tertiary alicyclic amines) is 1. The van der Waals surface area contributed by atoms with Gasteiger partial charge in [-0.15, -0.1) is 0 Å². The first kappa shape index (κ1) is 13.3. The lowest BCUT2D eigenvalue weighted by atomic mass is 9.97. The second-order valence-corrected chi connectivity index (χ2v) is 5.87. The Hall–Kier alpha value is -0.160. The Bertz CT molecular complexity index is 228. The summed E-state index contributed by atoms with van der Waals surface area (Å²) in [7, 11) is 2.20. The second kappa shape index (κ2) is 5.65. The molecule has 0 radical (unpaired) electrons. The van der Waals surface area contributed by atoms with Gasteiger partial charge in [0.05, 0.1) is 19.3 Å². The molecule has 17 heavy (non-hydrogen) atoms. The molecule has 2 rings (SSSR count). The topological polar surface area (TPSA) is 33.7 Å². The van der Waals surface area contributed by atoms with E-state index in [9.17, 15) is 0 Å². The van der Waals surface area contributed by atoms with E-state index in [4.69, 9.17) is 9.47 Å². The maximum atomic E-state index is 5.64. The molecule has 0 atom stereocenters. The number of nitrogens with one attached hydrogen (secondary N) is 1. The number of piperidine rings is 1. The summed E-state index contributed by atoms with van der Waals surface area (Å²) in [6.45, 7) is 9.04. The van der Waals surface area contributed by atoms with Gasteiger partial charge in [-0.25, -0.2) is 0 Å². The number of hydrogen-bond acceptors (Lipinski definition) is 4. The lowest BCUT2D eigenvalue weighted by Crippen LogP contribution is -2.50. The molecular weight excluding hydrogens is 216 g/mol. The summed E-state index contributed by atoms with van der Waals surface area (Å²) in [6.07, 6.45) is 2.62. The number of ether oxygens (including phenoxy) is 2. The van der Waals surface area contributed by atoms with Crippen LogP contribution in [0.1, 0.15) is 26.7 Å². The van der Waals surface area contributed by atoms with Crippen LogP contribution >= 0.6 is 0 Å². The predicted molar refractivity (Wildman–Crippen MR) is 68.0 cm³/mol. The van der Waals surface area contributed by atoms with Gasteiger partial charge >= 0.3 is 0 Å². The summed E-state index contributed by atoms with van der Waals surface area (Å²) >= 11 is 0. The molecule has 0 aliphatic carbocycles. The lowest BCUT2D eigenvalue weighted by molar-refractivity contribution is -0.253. The molecule has 4 nitrogen and oxygen atoms in total. The Morgan fingerprint density at radius 1 is 1.18 bits per heavy atom. The first-order chi connectivity index (χ1) is 8.05. The quantitative estimate of drug-likeness (QED) is 0.802. The fourth-order valence-corrected chi connectivity index (χ4v) is 2.41. The van der Waals surface area contributed by atoms with Gasteiger partial charge in [0.25, 0.3) is 0 Å². The number of rotatable bonds is 3. The van der Waals surface area contributed by atoms with Crippen LogP contribution in [0.2, 0.25) is 0 Å². The van der Waals surface area contributed by atoms with Crippen molar-refractivity contribution < 1.29 is 9.47 Å². The highest BCUT2D eigenvalue weighted by Crippen LogP contribution is 2.18. The van der Waals surface area contributed by atoms with Crippen LogP contribution in [-0.4, -0.2) is 56.6 Å². The van der Waals surface area contributed by atoms with E-state index >= 15 is 0 Å². The molecule has 0 aromatic rings. The molecule has 0 spiro atoms. The summed E-state index contributed by atoms with van der Waals surface area (Å²) in [5, 5.41) is 3.58. The SMILES string of the molecule is CN1CCC(CNC2COC(C)(C)OC2)CC1. The monoisotopic (exact) mass is 242 g/mol. The van der Waals surface area contributed by atoms with Crippen molar-refractivity contribution in [2.75, 3.05) is 39.9 Å². The molecule has 0 saturated carbocycles. The average molecular weight is 242 g/mol. The van der Waals surface area contributed by atoms with E-state index in [1.165, 1.54) is 25.9 Å². The van der Waals surface area contributed by atoms with E-state index in [0.717, 1.165) is 25.7 Å². The van der Waals surface area contributed by atoms with Crippen molar-refractivity contribution in [2.45, 2.75) is 38.5 Å². The zero-order chi connectivity index (χ0) is 12.3. The van der Waals surface area contributed by atoms with Crippen LogP contribution in [-0.2, 0) is 9.47 Å². The summed E-state index contributed by atoms with van der Waals surface area (Å²) in [5.41, 5.74) is 0. The fourth-order valence-electron chi connectivity index (χ4n) is 2.41. The summed E-state index contributed by atoms with van der Waals surface area (Å²) in [5.74, 6) is 0.423. The van der Waals surface area contributed by atoms with Crippen LogP contribution < -0.4 is 5.32 Å². The van der Waals surface area contributed by atoms with Crippen molar-refractivity contribution in [1.29, 1.82) is 0 Å². The van der Waals surface area contributed by atoms with Gasteiger partial charge < -0.3 is 19.7 Å². The van der Waals surface area contributed by atoms with E-state index < -0.39 is 5.79 Å². The Morgan fingerprint density at radius 2 is 1.76 bits per heavy atom. The molecule has 2 heterocycles. The fraction of sp³-hybridized carbons (Fsp3) is 1.00. The first-order valence-electron chi connectivity index (χ1n) is 6.75. The van der Waals surface area contributed by atoms with Crippen molar-refractivity contribution in [3.63, 3.8) is 0 Å². The van der Waals surface area contributed by atoms with Crippen LogP contribution in [0, 0.1) is 5.92 Å². The van der Waals surface area contributed by atoms with Gasteiger partial charge in [-0.05, 0) is 59.3 Å². The largest absolute Gasteiger partial charge is 0.349 e. The molecule has 2 fully saturated rings. The van der Waals surface area contributed by atoms with E-state index in [-0.39, 0.29) is 0 Å². The molecule has 0 aromatic heterocycles. The summed E-state index contributed by atoms with van der Waals surface area (Å²) in [4.78, 5) is 2.41. The van der Waals surface area contributed by atoms with E-state index in [1.807, 2.05) is 13.8 Å². The van der Waals surface area contributed by atoms with Crippen LogP contribution in [0.5, 0.6) is 0 Å². The maximum Gasteiger partial charge on any atom is 0.162 e. The standard InChI is InChI=1S/C13H26N2O2/c1-13(2)16-9-12(10-17-13)14-8-11-4-6-15(3)7-5-11/h11-12,14H,4-10H2,1-3H3. The van der Waals surface area contributed by atoms with E-state index in [1.54, 1.807) is 0 Å². The molecule has 0 unspecified atom stereocenters. The van der Waals surface area contributed by atoms with Gasteiger partial charge in [-0.1, -0.05) is 0 Å². The zero-order valence-electron chi connectivity index (χ0n) is 11.4. The highest BCUT2D eigenvalue weighted by molar-refractivity contribution is 4.77. The Kier molecular flexibility index (Phi) is 4.42. The van der Waals surface area contributed by atoms with Crippen LogP contribution in [0.15, 0.2) is 0 Å². The Morgan fingerprint density at radius 3 is 2.35 bits per heavy atom. The van der Waals surface area contributed by atoms with Crippen molar-refractivity contribution in [2.24, 2.45) is 5.92 Å². The second-order valence-electron chi connectivity index (χ2n) is 5.87. The molecule has 0 aromatic carbocycles. The van der Waals surface area contributed by atoms with Crippen molar-refractivity contribution in [3.05, 3.63) is 0 Å². The van der Waals surface area contributed by atoms with Crippen LogP contribution in [0.4, 0.5) is 0 Å². The summed E-state index contributed by atoms with van der Waals surface area (Å²) < 4.78 is 11.3. The summed E-state index contributed by atoms with van der Waals surface area (Å²) in [6, 6.07) is 0.364. The Labute approximate surface area is 105 Å². The minimum absolute atomic E-state index is 0.364. The normalized spacial score (nSPS) is 28.4. The number of hydrogen-bond donors (Lipinski definition) is 1. The predicted octanol–water partition coefficient (Wildman–Crippen LogP) is 1.07. The van der Waals surface area contributed by atoms with Gasteiger partial charge in [0.1, 0.15) is 0 Å². The van der Waals surface area contributed by atoms with Gasteiger partial charge in [0.2, 0.25) is 0 Å². The minimum Gasteiger partial charge on any atom is -0.349 e. The van der Waals surface area contributed by atoms with Crippen LogP contribution in [0.3, 0.4) is 0 Å². The minimum atomic E-state index is -0.397. The zero-order valence-corrected chi connectivity index (χ0v) is 11.4.